The average molecular weight is 409 g/mol. The number of hydrogen-bond acceptors (Lipinski definition) is 5. The molecule has 0 fully saturated rings. The Hall–Kier alpha value is -1.66. The molecule has 2 aromatic rings. The molecule has 128 valence electrons. The van der Waals surface area contributed by atoms with Gasteiger partial charge in [0.1, 0.15) is 11.6 Å². The topological polar surface area (TPSA) is 41.9 Å². The van der Waals surface area contributed by atoms with Crippen LogP contribution < -0.4 is 9.64 Å². The van der Waals surface area contributed by atoms with Gasteiger partial charge in [-0.15, -0.1) is 28.3 Å². The van der Waals surface area contributed by atoms with Crippen LogP contribution >= 0.6 is 28.3 Å². The van der Waals surface area contributed by atoms with Crippen LogP contribution in [0.4, 0.5) is 5.69 Å². The summed E-state index contributed by atoms with van der Waals surface area (Å²) in [4.78, 5) is 20.1. The van der Waals surface area contributed by atoms with Gasteiger partial charge in [-0.05, 0) is 36.4 Å². The van der Waals surface area contributed by atoms with E-state index in [1.165, 1.54) is 11.3 Å². The maximum Gasteiger partial charge on any atom is 0.192 e. The van der Waals surface area contributed by atoms with Crippen molar-refractivity contribution in [3.63, 3.8) is 0 Å². The Bertz CT molecular complexity index is 701. The van der Waals surface area contributed by atoms with E-state index in [4.69, 9.17) is 4.74 Å². The molecule has 1 aromatic carbocycles. The summed E-state index contributed by atoms with van der Waals surface area (Å²) in [6.45, 7) is 1.12. The number of para-hydroxylation sites is 2. The second-order valence-corrected chi connectivity index (χ2v) is 6.36. The normalized spacial score (nSPS) is 13.6. The summed E-state index contributed by atoms with van der Waals surface area (Å²) in [7, 11) is 1.65. The lowest BCUT2D eigenvalue weighted by Crippen LogP contribution is -2.37. The van der Waals surface area contributed by atoms with Gasteiger partial charge < -0.3 is 9.64 Å². The van der Waals surface area contributed by atoms with Crippen molar-refractivity contribution in [2.75, 3.05) is 25.1 Å². The van der Waals surface area contributed by atoms with Gasteiger partial charge in [-0.2, -0.15) is 0 Å². The van der Waals surface area contributed by atoms with Crippen molar-refractivity contribution in [1.29, 1.82) is 0 Å². The summed E-state index contributed by atoms with van der Waals surface area (Å²) in [6.07, 6.45) is 3.12. The summed E-state index contributed by atoms with van der Waals surface area (Å²) in [5.74, 6) is 1.85. The molecule has 6 heteroatoms. The lowest BCUT2D eigenvalue weighted by molar-refractivity contribution is 0.101. The van der Waals surface area contributed by atoms with E-state index in [0.717, 1.165) is 48.0 Å². The van der Waals surface area contributed by atoms with Crippen molar-refractivity contribution in [2.45, 2.75) is 19.3 Å². The highest BCUT2D eigenvalue weighted by Crippen LogP contribution is 2.30. The summed E-state index contributed by atoms with van der Waals surface area (Å²) in [6, 6.07) is 11.6. The lowest BCUT2D eigenvalue weighted by atomic mass is 10.1. The first-order valence-electron chi connectivity index (χ1n) is 7.80. The Morgan fingerprint density at radius 3 is 2.75 bits per heavy atom. The first kappa shape index (κ1) is 18.7. The monoisotopic (exact) mass is 408 g/mol. The quantitative estimate of drug-likeness (QED) is 0.678. The van der Waals surface area contributed by atoms with E-state index in [2.05, 4.69) is 4.99 Å². The average Bonchev–Trinajstić information content (AvgIpc) is 3.15. The number of Topliss-reactive ketones (excluding diaryl/α,β-unsaturated/α-hetero) is 1. The van der Waals surface area contributed by atoms with Gasteiger partial charge in [-0.1, -0.05) is 18.2 Å². The van der Waals surface area contributed by atoms with Crippen molar-refractivity contribution in [1.82, 2.24) is 0 Å². The minimum Gasteiger partial charge on any atom is -0.495 e. The molecule has 0 unspecified atom stereocenters. The fourth-order valence-corrected chi connectivity index (χ4v) is 3.39. The van der Waals surface area contributed by atoms with E-state index in [9.17, 15) is 4.79 Å². The molecular formula is C18H21BrN2O2S. The number of rotatable bonds is 5. The van der Waals surface area contributed by atoms with Gasteiger partial charge in [0.05, 0.1) is 24.2 Å². The minimum absolute atomic E-state index is 0. The molecule has 0 saturated heterocycles. The second-order valence-electron chi connectivity index (χ2n) is 5.41. The highest BCUT2D eigenvalue weighted by atomic mass is 79.9. The first-order valence-corrected chi connectivity index (χ1v) is 8.68. The Morgan fingerprint density at radius 1 is 1.25 bits per heavy atom. The fourth-order valence-electron chi connectivity index (χ4n) is 2.73. The van der Waals surface area contributed by atoms with Gasteiger partial charge in [0.15, 0.2) is 5.78 Å². The number of anilines is 1. The standard InChI is InChI=1S/C18H20N2O2S.BrH/c1-22-16-8-3-2-7-14(16)20(18-10-4-5-11-19-18)13-15(21)17-9-6-12-23-17;/h2-3,6-9,12H,4-5,10-11,13H2,1H3;1H. The van der Waals surface area contributed by atoms with Crippen molar-refractivity contribution in [3.8, 4) is 5.75 Å². The summed E-state index contributed by atoms with van der Waals surface area (Å²) in [5.41, 5.74) is 0.903. The molecule has 2 heterocycles. The van der Waals surface area contributed by atoms with Crippen LogP contribution in [0.3, 0.4) is 0 Å². The lowest BCUT2D eigenvalue weighted by Gasteiger charge is -2.28. The number of ketones is 1. The molecule has 0 atom stereocenters. The van der Waals surface area contributed by atoms with Gasteiger partial charge in [0, 0.05) is 13.0 Å². The van der Waals surface area contributed by atoms with E-state index >= 15 is 0 Å². The van der Waals surface area contributed by atoms with Crippen molar-refractivity contribution >= 4 is 45.6 Å². The number of benzene rings is 1. The van der Waals surface area contributed by atoms with Crippen LogP contribution in [0.1, 0.15) is 28.9 Å². The third-order valence-electron chi connectivity index (χ3n) is 3.89. The molecule has 0 aliphatic carbocycles. The molecule has 1 aromatic heterocycles. The molecule has 3 rings (SSSR count). The van der Waals surface area contributed by atoms with E-state index in [-0.39, 0.29) is 22.8 Å². The van der Waals surface area contributed by atoms with Crippen molar-refractivity contribution in [2.24, 2.45) is 4.99 Å². The molecule has 0 bridgehead atoms. The number of carbonyl (C=O) groups is 1. The van der Waals surface area contributed by atoms with Gasteiger partial charge in [0.2, 0.25) is 0 Å². The number of thiophene rings is 1. The minimum atomic E-state index is 0. The fraction of sp³-hybridized carbons (Fsp3) is 0.333. The molecule has 0 N–H and O–H groups in total. The van der Waals surface area contributed by atoms with Crippen LogP contribution in [0.2, 0.25) is 0 Å². The Morgan fingerprint density at radius 2 is 2.08 bits per heavy atom. The zero-order chi connectivity index (χ0) is 16.1. The third kappa shape index (κ3) is 4.24. The number of halogens is 1. The number of aliphatic imine (C=N–C) groups is 1. The Balaban J connectivity index is 0.00000208. The molecule has 24 heavy (non-hydrogen) atoms. The molecule has 0 amide bonds. The van der Waals surface area contributed by atoms with Crippen LogP contribution in [0.25, 0.3) is 0 Å². The van der Waals surface area contributed by atoms with Crippen LogP contribution in [0.5, 0.6) is 5.75 Å². The summed E-state index contributed by atoms with van der Waals surface area (Å²) < 4.78 is 5.48. The van der Waals surface area contributed by atoms with E-state index in [1.807, 2.05) is 46.7 Å². The predicted molar refractivity (Wildman–Crippen MR) is 105 cm³/mol. The van der Waals surface area contributed by atoms with Gasteiger partial charge in [-0.3, -0.25) is 9.79 Å². The number of methoxy groups -OCH3 is 1. The maximum absolute atomic E-state index is 12.6. The number of amidine groups is 1. The number of carbonyl (C=O) groups excluding carboxylic acids is 1. The van der Waals surface area contributed by atoms with Crippen LogP contribution in [-0.2, 0) is 0 Å². The highest BCUT2D eigenvalue weighted by molar-refractivity contribution is 8.93. The highest BCUT2D eigenvalue weighted by Gasteiger charge is 2.22. The van der Waals surface area contributed by atoms with E-state index < -0.39 is 0 Å². The first-order chi connectivity index (χ1) is 11.3. The number of ether oxygens (including phenoxy) is 1. The predicted octanol–water partition coefficient (Wildman–Crippen LogP) is 4.61. The Labute approximate surface area is 156 Å². The zero-order valence-electron chi connectivity index (χ0n) is 13.6. The SMILES string of the molecule is Br.COc1ccccc1N(CC(=O)c1cccs1)C1=NCCCC1. The van der Waals surface area contributed by atoms with Crippen LogP contribution in [-0.4, -0.2) is 31.8 Å². The third-order valence-corrected chi connectivity index (χ3v) is 4.80. The molecule has 0 radical (unpaired) electrons. The maximum atomic E-state index is 12.6. The van der Waals surface area contributed by atoms with Crippen molar-refractivity contribution < 1.29 is 9.53 Å². The van der Waals surface area contributed by atoms with Gasteiger partial charge in [-0.25, -0.2) is 0 Å². The van der Waals surface area contributed by atoms with E-state index in [1.54, 1.807) is 7.11 Å². The van der Waals surface area contributed by atoms with Gasteiger partial charge >= 0.3 is 0 Å². The number of nitrogens with zero attached hydrogens (tertiary/aromatic N) is 2. The largest absolute Gasteiger partial charge is 0.495 e. The van der Waals surface area contributed by atoms with Crippen LogP contribution in [0.15, 0.2) is 46.8 Å². The molecule has 4 nitrogen and oxygen atoms in total. The molecular weight excluding hydrogens is 388 g/mol. The smallest absolute Gasteiger partial charge is 0.192 e. The second kappa shape index (κ2) is 8.99. The Kier molecular flexibility index (Phi) is 6.99. The summed E-state index contributed by atoms with van der Waals surface area (Å²) in [5, 5.41) is 1.93. The summed E-state index contributed by atoms with van der Waals surface area (Å²) >= 11 is 1.48. The number of hydrogen-bond donors (Lipinski definition) is 0. The molecule has 0 spiro atoms. The van der Waals surface area contributed by atoms with Crippen molar-refractivity contribution in [3.05, 3.63) is 46.7 Å². The molecule has 0 saturated carbocycles. The molecule has 1 aliphatic heterocycles. The van der Waals surface area contributed by atoms with Gasteiger partial charge in [0.25, 0.3) is 0 Å². The van der Waals surface area contributed by atoms with Crippen LogP contribution in [0, 0.1) is 0 Å². The van der Waals surface area contributed by atoms with E-state index in [0.29, 0.717) is 6.54 Å². The zero-order valence-corrected chi connectivity index (χ0v) is 16.1. The molecule has 1 aliphatic rings.